The van der Waals surface area contributed by atoms with Gasteiger partial charge in [0.05, 0.1) is 12.0 Å². The first-order chi connectivity index (χ1) is 15.7. The van der Waals surface area contributed by atoms with Crippen LogP contribution in [0.4, 0.5) is 5.82 Å². The molecule has 0 fully saturated rings. The molecule has 1 heterocycles. The molecule has 0 saturated carbocycles. The van der Waals surface area contributed by atoms with Gasteiger partial charge in [-0.3, -0.25) is 4.79 Å². The van der Waals surface area contributed by atoms with E-state index in [1.807, 2.05) is 13.8 Å². The van der Waals surface area contributed by atoms with Crippen LogP contribution in [0, 0.1) is 5.92 Å². The molecule has 0 atom stereocenters. The minimum Gasteiger partial charge on any atom is -0.465 e. The van der Waals surface area contributed by atoms with Crippen molar-refractivity contribution in [3.8, 4) is 11.1 Å². The average molecular weight is 468 g/mol. The molecule has 0 spiro atoms. The Morgan fingerprint density at radius 1 is 0.970 bits per heavy atom. The molecule has 0 aliphatic heterocycles. The van der Waals surface area contributed by atoms with Crippen LogP contribution < -0.4 is 10.0 Å². The van der Waals surface area contributed by atoms with Gasteiger partial charge < -0.3 is 10.1 Å². The third-order valence-corrected chi connectivity index (χ3v) is 6.21. The van der Waals surface area contributed by atoms with E-state index in [1.165, 1.54) is 19.4 Å². The zero-order valence-electron chi connectivity index (χ0n) is 18.5. The number of aromatic nitrogens is 1. The molecular weight excluding hydrogens is 442 g/mol. The molecule has 2 aromatic carbocycles. The fourth-order valence-corrected chi connectivity index (χ4v) is 4.17. The van der Waals surface area contributed by atoms with E-state index >= 15 is 0 Å². The predicted octanol–water partition coefficient (Wildman–Crippen LogP) is 3.72. The molecule has 1 aromatic heterocycles. The topological polar surface area (TPSA) is 114 Å². The largest absolute Gasteiger partial charge is 0.465 e. The Morgan fingerprint density at radius 2 is 1.58 bits per heavy atom. The minimum atomic E-state index is -3.56. The SMILES string of the molecule is COC(=O)c1cccnc1NC(=O)c1ccc(-c2ccc(S(=O)(=O)NCC(C)C)cc2)cc1. The molecule has 0 bridgehead atoms. The molecule has 8 nitrogen and oxygen atoms in total. The lowest BCUT2D eigenvalue weighted by Crippen LogP contribution is -2.27. The van der Waals surface area contributed by atoms with Gasteiger partial charge in [0, 0.05) is 18.3 Å². The number of rotatable bonds is 8. The van der Waals surface area contributed by atoms with Crippen molar-refractivity contribution in [1.29, 1.82) is 0 Å². The first kappa shape index (κ1) is 24.1. The smallest absolute Gasteiger partial charge is 0.341 e. The lowest BCUT2D eigenvalue weighted by molar-refractivity contribution is 0.0601. The molecule has 0 radical (unpaired) electrons. The molecule has 0 aliphatic carbocycles. The highest BCUT2D eigenvalue weighted by molar-refractivity contribution is 7.89. The lowest BCUT2D eigenvalue weighted by Gasteiger charge is -2.10. The van der Waals surface area contributed by atoms with Gasteiger partial charge in [-0.1, -0.05) is 38.1 Å². The van der Waals surface area contributed by atoms with Gasteiger partial charge in [0.25, 0.3) is 5.91 Å². The molecule has 1 amide bonds. The van der Waals surface area contributed by atoms with Crippen molar-refractivity contribution in [3.05, 3.63) is 78.0 Å². The van der Waals surface area contributed by atoms with Crippen molar-refractivity contribution in [3.63, 3.8) is 0 Å². The number of esters is 1. The summed E-state index contributed by atoms with van der Waals surface area (Å²) >= 11 is 0. The highest BCUT2D eigenvalue weighted by Gasteiger charge is 2.16. The van der Waals surface area contributed by atoms with E-state index in [4.69, 9.17) is 4.74 Å². The third kappa shape index (κ3) is 6.03. The number of anilines is 1. The van der Waals surface area contributed by atoms with Crippen molar-refractivity contribution in [2.45, 2.75) is 18.7 Å². The van der Waals surface area contributed by atoms with Crippen LogP contribution in [0.2, 0.25) is 0 Å². The molecule has 9 heteroatoms. The quantitative estimate of drug-likeness (QED) is 0.488. The summed E-state index contributed by atoms with van der Waals surface area (Å²) in [6.07, 6.45) is 1.47. The summed E-state index contributed by atoms with van der Waals surface area (Å²) in [6, 6.07) is 16.4. The number of nitrogens with one attached hydrogen (secondary N) is 2. The number of benzene rings is 2. The van der Waals surface area contributed by atoms with Crippen LogP contribution >= 0.6 is 0 Å². The maximum absolute atomic E-state index is 12.6. The number of amides is 1. The van der Waals surface area contributed by atoms with E-state index in [-0.39, 0.29) is 22.2 Å². The van der Waals surface area contributed by atoms with Gasteiger partial charge in [0.2, 0.25) is 10.0 Å². The van der Waals surface area contributed by atoms with E-state index in [0.717, 1.165) is 11.1 Å². The summed E-state index contributed by atoms with van der Waals surface area (Å²) in [5, 5.41) is 2.62. The average Bonchev–Trinajstić information content (AvgIpc) is 2.83. The normalized spacial score (nSPS) is 11.3. The Kier molecular flexibility index (Phi) is 7.57. The van der Waals surface area contributed by atoms with Crippen LogP contribution in [0.15, 0.2) is 71.8 Å². The second kappa shape index (κ2) is 10.4. The van der Waals surface area contributed by atoms with Gasteiger partial charge in [0.1, 0.15) is 11.4 Å². The molecular formula is C24H25N3O5S. The van der Waals surface area contributed by atoms with Crippen LogP contribution in [0.1, 0.15) is 34.6 Å². The Bertz CT molecular complexity index is 1240. The number of hydrogen-bond donors (Lipinski definition) is 2. The van der Waals surface area contributed by atoms with Crippen molar-refractivity contribution in [1.82, 2.24) is 9.71 Å². The summed E-state index contributed by atoms with van der Waals surface area (Å²) in [6.45, 7) is 4.24. The van der Waals surface area contributed by atoms with E-state index < -0.39 is 21.9 Å². The Balaban J connectivity index is 1.73. The molecule has 3 rings (SSSR count). The minimum absolute atomic E-state index is 0.112. The van der Waals surface area contributed by atoms with Crippen LogP contribution in [0.3, 0.4) is 0 Å². The van der Waals surface area contributed by atoms with Crippen LogP contribution in [0.25, 0.3) is 11.1 Å². The number of ether oxygens (including phenoxy) is 1. The van der Waals surface area contributed by atoms with E-state index in [9.17, 15) is 18.0 Å². The van der Waals surface area contributed by atoms with Crippen molar-refractivity contribution in [2.75, 3.05) is 19.0 Å². The number of carbonyl (C=O) groups is 2. The van der Waals surface area contributed by atoms with Gasteiger partial charge in [-0.05, 0) is 53.4 Å². The number of carbonyl (C=O) groups excluding carboxylic acids is 2. The predicted molar refractivity (Wildman–Crippen MR) is 125 cm³/mol. The number of hydrogen-bond acceptors (Lipinski definition) is 6. The molecule has 2 N–H and O–H groups in total. The van der Waals surface area contributed by atoms with Gasteiger partial charge in [-0.2, -0.15) is 0 Å². The maximum Gasteiger partial charge on any atom is 0.341 e. The van der Waals surface area contributed by atoms with Crippen LogP contribution in [-0.2, 0) is 14.8 Å². The maximum atomic E-state index is 12.6. The Labute approximate surface area is 193 Å². The third-order valence-electron chi connectivity index (χ3n) is 4.77. The molecule has 3 aromatic rings. The zero-order chi connectivity index (χ0) is 24.0. The summed E-state index contributed by atoms with van der Waals surface area (Å²) < 4.78 is 32.0. The van der Waals surface area contributed by atoms with Crippen molar-refractivity contribution >= 4 is 27.7 Å². The molecule has 172 valence electrons. The highest BCUT2D eigenvalue weighted by atomic mass is 32.2. The van der Waals surface area contributed by atoms with E-state index in [0.29, 0.717) is 12.1 Å². The highest BCUT2D eigenvalue weighted by Crippen LogP contribution is 2.22. The van der Waals surface area contributed by atoms with Gasteiger partial charge in [-0.15, -0.1) is 0 Å². The van der Waals surface area contributed by atoms with E-state index in [2.05, 4.69) is 15.0 Å². The number of methoxy groups -OCH3 is 1. The second-order valence-corrected chi connectivity index (χ2v) is 9.46. The fraction of sp³-hybridized carbons (Fsp3) is 0.208. The standard InChI is InChI=1S/C24H25N3O5S/c1-16(2)15-26-33(30,31)20-12-10-18(11-13-20)17-6-8-19(9-7-17)23(28)27-22-21(24(29)32-3)5-4-14-25-22/h4-14,16,26H,15H2,1-3H3,(H,25,27,28). The fourth-order valence-electron chi connectivity index (χ4n) is 2.96. The molecule has 0 aliphatic rings. The number of nitrogens with zero attached hydrogens (tertiary/aromatic N) is 1. The van der Waals surface area contributed by atoms with Gasteiger partial charge >= 0.3 is 5.97 Å². The van der Waals surface area contributed by atoms with Crippen molar-refractivity contribution < 1.29 is 22.7 Å². The van der Waals surface area contributed by atoms with Crippen LogP contribution in [-0.4, -0.2) is 38.9 Å². The van der Waals surface area contributed by atoms with E-state index in [1.54, 1.807) is 54.6 Å². The number of pyridine rings is 1. The summed E-state index contributed by atoms with van der Waals surface area (Å²) in [5.74, 6) is -0.706. The first-order valence-electron chi connectivity index (χ1n) is 10.3. The van der Waals surface area contributed by atoms with Crippen molar-refractivity contribution in [2.24, 2.45) is 5.92 Å². The Hall–Kier alpha value is -3.56. The first-order valence-corrected chi connectivity index (χ1v) is 11.7. The number of sulfonamides is 1. The zero-order valence-corrected chi connectivity index (χ0v) is 19.3. The molecule has 33 heavy (non-hydrogen) atoms. The summed E-state index contributed by atoms with van der Waals surface area (Å²) in [5.41, 5.74) is 2.15. The molecule has 0 unspecified atom stereocenters. The van der Waals surface area contributed by atoms with Crippen LogP contribution in [0.5, 0.6) is 0 Å². The Morgan fingerprint density at radius 3 is 2.15 bits per heavy atom. The lowest BCUT2D eigenvalue weighted by atomic mass is 10.0. The summed E-state index contributed by atoms with van der Waals surface area (Å²) in [4.78, 5) is 28.7. The van der Waals surface area contributed by atoms with Gasteiger partial charge in [-0.25, -0.2) is 22.9 Å². The van der Waals surface area contributed by atoms with Gasteiger partial charge in [0.15, 0.2) is 0 Å². The molecule has 0 saturated heterocycles. The second-order valence-electron chi connectivity index (χ2n) is 7.69. The summed E-state index contributed by atoms with van der Waals surface area (Å²) in [7, 11) is -2.30. The monoisotopic (exact) mass is 467 g/mol.